The number of piperidine rings is 1. The summed E-state index contributed by atoms with van der Waals surface area (Å²) < 4.78 is 30.5. The van der Waals surface area contributed by atoms with Crippen LogP contribution >= 0.6 is 0 Å². The summed E-state index contributed by atoms with van der Waals surface area (Å²) in [5.74, 6) is -0.881. The van der Waals surface area contributed by atoms with Gasteiger partial charge < -0.3 is 14.7 Å². The van der Waals surface area contributed by atoms with Gasteiger partial charge in [0, 0.05) is 31.7 Å². The Labute approximate surface area is 153 Å². The molecule has 1 fully saturated rings. The van der Waals surface area contributed by atoms with E-state index in [1.165, 1.54) is 10.4 Å². The van der Waals surface area contributed by atoms with Crippen molar-refractivity contribution in [3.63, 3.8) is 0 Å². The van der Waals surface area contributed by atoms with Crippen LogP contribution in [0.25, 0.3) is 0 Å². The highest BCUT2D eigenvalue weighted by atomic mass is 32.2. The molecule has 1 aromatic rings. The third kappa shape index (κ3) is 4.95. The second-order valence-corrected chi connectivity index (χ2v) is 8.47. The molecule has 8 nitrogen and oxygen atoms in total. The smallest absolute Gasteiger partial charge is 0.341 e. The molecule has 1 heterocycles. The number of amides is 1. The van der Waals surface area contributed by atoms with Crippen LogP contribution in [-0.4, -0.2) is 73.1 Å². The van der Waals surface area contributed by atoms with Crippen LogP contribution in [0.4, 0.5) is 0 Å². The Kier molecular flexibility index (Phi) is 6.60. The van der Waals surface area contributed by atoms with Crippen LogP contribution in [0.5, 0.6) is 5.75 Å². The first-order valence-corrected chi connectivity index (χ1v) is 10.0. The number of likely N-dealkylation sites (tertiary alicyclic amines) is 1. The first-order valence-electron chi connectivity index (χ1n) is 8.44. The lowest BCUT2D eigenvalue weighted by atomic mass is 10.0. The van der Waals surface area contributed by atoms with E-state index in [4.69, 9.17) is 9.84 Å². The van der Waals surface area contributed by atoms with E-state index in [-0.39, 0.29) is 17.7 Å². The van der Waals surface area contributed by atoms with Crippen LogP contribution in [0.3, 0.4) is 0 Å². The highest BCUT2D eigenvalue weighted by Crippen LogP contribution is 2.21. The summed E-state index contributed by atoms with van der Waals surface area (Å²) in [4.78, 5) is 24.9. The molecule has 1 N–H and O–H groups in total. The third-order valence-corrected chi connectivity index (χ3v) is 6.42. The lowest BCUT2D eigenvalue weighted by Gasteiger charge is -2.36. The van der Waals surface area contributed by atoms with Crippen molar-refractivity contribution in [3.05, 3.63) is 29.8 Å². The summed E-state index contributed by atoms with van der Waals surface area (Å²) in [6, 6.07) is 6.30. The number of rotatable bonds is 7. The van der Waals surface area contributed by atoms with Crippen molar-refractivity contribution in [2.75, 3.05) is 32.5 Å². The van der Waals surface area contributed by atoms with Crippen LogP contribution in [-0.2, 0) is 14.8 Å². The van der Waals surface area contributed by atoms with Crippen molar-refractivity contribution < 1.29 is 27.9 Å². The Hall–Kier alpha value is -2.13. The van der Waals surface area contributed by atoms with Gasteiger partial charge in [-0.05, 0) is 38.0 Å². The third-order valence-electron chi connectivity index (χ3n) is 4.51. The lowest BCUT2D eigenvalue weighted by Crippen LogP contribution is -2.47. The van der Waals surface area contributed by atoms with Gasteiger partial charge in [0.25, 0.3) is 5.91 Å². The molecule has 1 aliphatic heterocycles. The minimum Gasteiger partial charge on any atom is -0.482 e. The number of hydrogen-bond acceptors (Lipinski definition) is 5. The Morgan fingerprint density at radius 2 is 1.96 bits per heavy atom. The van der Waals surface area contributed by atoms with E-state index < -0.39 is 22.6 Å². The van der Waals surface area contributed by atoms with Crippen molar-refractivity contribution >= 4 is 21.9 Å². The van der Waals surface area contributed by atoms with E-state index in [0.29, 0.717) is 37.2 Å². The molecule has 0 radical (unpaired) electrons. The van der Waals surface area contributed by atoms with Gasteiger partial charge in [-0.15, -0.1) is 0 Å². The SMILES string of the molecule is CCS(=O)(=O)N(C)C1CCN(C(=O)c2cccc(OCC(=O)O)c2)CC1. The summed E-state index contributed by atoms with van der Waals surface area (Å²) in [7, 11) is -1.65. The minimum atomic E-state index is -3.24. The molecule has 9 heteroatoms. The molecule has 1 saturated heterocycles. The second kappa shape index (κ2) is 8.50. The Balaban J connectivity index is 1.98. The maximum absolute atomic E-state index is 12.6. The Morgan fingerprint density at radius 1 is 1.31 bits per heavy atom. The second-order valence-electron chi connectivity index (χ2n) is 6.15. The maximum atomic E-state index is 12.6. The van der Waals surface area contributed by atoms with Crippen LogP contribution in [0.2, 0.25) is 0 Å². The normalized spacial score (nSPS) is 15.9. The van der Waals surface area contributed by atoms with Gasteiger partial charge in [0.2, 0.25) is 10.0 Å². The Morgan fingerprint density at radius 3 is 2.54 bits per heavy atom. The zero-order valence-electron chi connectivity index (χ0n) is 14.9. The van der Waals surface area contributed by atoms with Gasteiger partial charge in [-0.2, -0.15) is 0 Å². The molecule has 0 aliphatic carbocycles. The highest BCUT2D eigenvalue weighted by molar-refractivity contribution is 7.89. The number of ether oxygens (including phenoxy) is 1. The number of nitrogens with zero attached hydrogens (tertiary/aromatic N) is 2. The van der Waals surface area contributed by atoms with Crippen molar-refractivity contribution in [1.29, 1.82) is 0 Å². The number of benzene rings is 1. The Bertz CT molecular complexity index is 756. The van der Waals surface area contributed by atoms with Crippen LogP contribution < -0.4 is 4.74 Å². The summed E-state index contributed by atoms with van der Waals surface area (Å²) in [5, 5.41) is 8.65. The molecule has 0 bridgehead atoms. The molecule has 0 spiro atoms. The molecule has 144 valence electrons. The number of sulfonamides is 1. The fraction of sp³-hybridized carbons (Fsp3) is 0.529. The molecule has 0 unspecified atom stereocenters. The number of carbonyl (C=O) groups is 2. The number of carboxylic acid groups (broad SMARTS) is 1. The van der Waals surface area contributed by atoms with Gasteiger partial charge in [-0.25, -0.2) is 17.5 Å². The molecule has 26 heavy (non-hydrogen) atoms. The van der Waals surface area contributed by atoms with Crippen LogP contribution in [0, 0.1) is 0 Å². The quantitative estimate of drug-likeness (QED) is 0.753. The summed E-state index contributed by atoms with van der Waals surface area (Å²) in [6.07, 6.45) is 1.16. The number of aliphatic carboxylic acids is 1. The van der Waals surface area contributed by atoms with Gasteiger partial charge in [0.15, 0.2) is 6.61 Å². The van der Waals surface area contributed by atoms with Gasteiger partial charge in [-0.1, -0.05) is 6.07 Å². The number of hydrogen-bond donors (Lipinski definition) is 1. The van der Waals surface area contributed by atoms with E-state index in [1.54, 1.807) is 37.1 Å². The largest absolute Gasteiger partial charge is 0.482 e. The molecule has 0 saturated carbocycles. The molecule has 1 aromatic carbocycles. The van der Waals surface area contributed by atoms with Crippen LogP contribution in [0.15, 0.2) is 24.3 Å². The fourth-order valence-electron chi connectivity index (χ4n) is 2.91. The van der Waals surface area contributed by atoms with E-state index in [2.05, 4.69) is 0 Å². The van der Waals surface area contributed by atoms with Crippen molar-refractivity contribution in [2.24, 2.45) is 0 Å². The van der Waals surface area contributed by atoms with Gasteiger partial charge in [0.1, 0.15) is 5.75 Å². The zero-order valence-corrected chi connectivity index (χ0v) is 15.7. The molecule has 0 atom stereocenters. The molecule has 2 rings (SSSR count). The average molecular weight is 384 g/mol. The van der Waals surface area contributed by atoms with Gasteiger partial charge >= 0.3 is 5.97 Å². The summed E-state index contributed by atoms with van der Waals surface area (Å²) >= 11 is 0. The topological polar surface area (TPSA) is 104 Å². The average Bonchev–Trinajstić information content (AvgIpc) is 2.65. The molecular weight excluding hydrogens is 360 g/mol. The molecule has 1 amide bonds. The molecule has 1 aliphatic rings. The van der Waals surface area contributed by atoms with Crippen molar-refractivity contribution in [3.8, 4) is 5.75 Å². The van der Waals surface area contributed by atoms with E-state index in [9.17, 15) is 18.0 Å². The standard InChI is InChI=1S/C17H24N2O6S/c1-3-26(23,24)18(2)14-7-9-19(10-8-14)17(22)13-5-4-6-15(11-13)25-12-16(20)21/h4-6,11,14H,3,7-10,12H2,1-2H3,(H,20,21). The van der Waals surface area contributed by atoms with Crippen molar-refractivity contribution in [1.82, 2.24) is 9.21 Å². The van der Waals surface area contributed by atoms with Gasteiger partial charge in [-0.3, -0.25) is 4.79 Å². The summed E-state index contributed by atoms with van der Waals surface area (Å²) in [6.45, 7) is 2.08. The predicted octanol–water partition coefficient (Wildman–Crippen LogP) is 1.04. The van der Waals surface area contributed by atoms with Crippen LogP contribution in [0.1, 0.15) is 30.1 Å². The lowest BCUT2D eigenvalue weighted by molar-refractivity contribution is -0.139. The highest BCUT2D eigenvalue weighted by Gasteiger charge is 2.30. The first kappa shape index (κ1) is 20.2. The molecular formula is C17H24N2O6S. The van der Waals surface area contributed by atoms with Gasteiger partial charge in [0.05, 0.1) is 5.75 Å². The van der Waals surface area contributed by atoms with E-state index >= 15 is 0 Å². The molecule has 0 aromatic heterocycles. The number of carboxylic acids is 1. The first-order chi connectivity index (χ1) is 12.2. The monoisotopic (exact) mass is 384 g/mol. The number of carbonyl (C=O) groups excluding carboxylic acids is 1. The minimum absolute atomic E-state index is 0.0613. The predicted molar refractivity (Wildman–Crippen MR) is 95.7 cm³/mol. The van der Waals surface area contributed by atoms with Crippen molar-refractivity contribution in [2.45, 2.75) is 25.8 Å². The fourth-order valence-corrected chi connectivity index (χ4v) is 3.98. The van der Waals surface area contributed by atoms with E-state index in [0.717, 1.165) is 0 Å². The zero-order chi connectivity index (χ0) is 19.3. The maximum Gasteiger partial charge on any atom is 0.341 e. The van der Waals surface area contributed by atoms with E-state index in [1.807, 2.05) is 0 Å². The summed E-state index contributed by atoms with van der Waals surface area (Å²) in [5.41, 5.74) is 0.417.